The lowest BCUT2D eigenvalue weighted by atomic mass is 9.96. The lowest BCUT2D eigenvalue weighted by Crippen LogP contribution is -2.36. The van der Waals surface area contributed by atoms with Crippen molar-refractivity contribution >= 4 is 30.7 Å². The van der Waals surface area contributed by atoms with Crippen LogP contribution in [0.5, 0.6) is 0 Å². The molecular weight excluding hydrogens is 349 g/mol. The molecule has 1 aromatic rings. The molecule has 2 saturated heterocycles. The number of carbonyl (C=O) groups excluding carboxylic acids is 1. The van der Waals surface area contributed by atoms with Crippen molar-refractivity contribution < 1.29 is 4.79 Å². The van der Waals surface area contributed by atoms with Crippen LogP contribution < -0.4 is 10.6 Å². The number of carbonyl (C=O) groups is 1. The van der Waals surface area contributed by atoms with Crippen LogP contribution in [0.1, 0.15) is 37.3 Å². The molecule has 138 valence electrons. The second-order valence-corrected chi connectivity index (χ2v) is 6.36. The van der Waals surface area contributed by atoms with Gasteiger partial charge in [0.05, 0.1) is 0 Å². The monoisotopic (exact) mass is 377 g/mol. The van der Waals surface area contributed by atoms with Crippen LogP contribution in [0, 0.1) is 0 Å². The van der Waals surface area contributed by atoms with Gasteiger partial charge in [-0.1, -0.05) is 0 Å². The minimum absolute atomic E-state index is 0. The Morgan fingerprint density at radius 2 is 2.08 bits per heavy atom. The van der Waals surface area contributed by atoms with Crippen LogP contribution in [0.4, 0.5) is 0 Å². The second kappa shape index (κ2) is 10.9. The van der Waals surface area contributed by atoms with Crippen molar-refractivity contribution in [3.8, 4) is 0 Å². The number of nitrogens with zero attached hydrogens (tertiary/aromatic N) is 3. The van der Waals surface area contributed by atoms with Crippen LogP contribution in [0.15, 0.2) is 12.3 Å². The van der Waals surface area contributed by atoms with E-state index < -0.39 is 0 Å². The van der Waals surface area contributed by atoms with E-state index in [1.54, 1.807) is 6.20 Å². The average Bonchev–Trinajstić information content (AvgIpc) is 3.20. The summed E-state index contributed by atoms with van der Waals surface area (Å²) in [7, 11) is 0. The molecule has 24 heavy (non-hydrogen) atoms. The standard InChI is InChI=1S/C16H27N5O.2ClH/c22-16(18-8-11-20-9-1-2-10-20)13-21-15(5-7-19-21)14-4-3-6-17-12-14;;/h5,7,14,17H,1-4,6,8-13H2,(H,18,22);2*1H. The van der Waals surface area contributed by atoms with Gasteiger partial charge >= 0.3 is 0 Å². The van der Waals surface area contributed by atoms with E-state index in [4.69, 9.17) is 0 Å². The fraction of sp³-hybridized carbons (Fsp3) is 0.750. The number of likely N-dealkylation sites (tertiary alicyclic amines) is 1. The van der Waals surface area contributed by atoms with Gasteiger partial charge in [0.25, 0.3) is 0 Å². The minimum atomic E-state index is 0. The van der Waals surface area contributed by atoms with E-state index in [-0.39, 0.29) is 30.7 Å². The third-order valence-corrected chi connectivity index (χ3v) is 4.71. The van der Waals surface area contributed by atoms with E-state index in [0.717, 1.165) is 26.2 Å². The Labute approximate surface area is 156 Å². The lowest BCUT2D eigenvalue weighted by molar-refractivity contribution is -0.121. The maximum atomic E-state index is 12.1. The molecule has 2 N–H and O–H groups in total. The van der Waals surface area contributed by atoms with Gasteiger partial charge in [-0.05, 0) is 51.4 Å². The first kappa shape index (κ1) is 21.2. The molecule has 3 heterocycles. The number of hydrogen-bond donors (Lipinski definition) is 2. The van der Waals surface area contributed by atoms with Gasteiger partial charge in [0.15, 0.2) is 0 Å². The molecule has 0 saturated carbocycles. The Bertz CT molecular complexity index is 485. The Morgan fingerprint density at radius 1 is 1.29 bits per heavy atom. The summed E-state index contributed by atoms with van der Waals surface area (Å²) in [5.41, 5.74) is 1.18. The maximum absolute atomic E-state index is 12.1. The van der Waals surface area contributed by atoms with Crippen LogP contribution in [-0.4, -0.2) is 59.9 Å². The number of amides is 1. The summed E-state index contributed by atoms with van der Waals surface area (Å²) in [6, 6.07) is 2.05. The largest absolute Gasteiger partial charge is 0.353 e. The molecule has 1 amide bonds. The van der Waals surface area contributed by atoms with Crippen LogP contribution in [0.25, 0.3) is 0 Å². The van der Waals surface area contributed by atoms with Gasteiger partial charge in [0.2, 0.25) is 5.91 Å². The number of hydrogen-bond acceptors (Lipinski definition) is 4. The fourth-order valence-electron chi connectivity index (χ4n) is 3.48. The Kier molecular flexibility index (Phi) is 9.66. The van der Waals surface area contributed by atoms with Crippen LogP contribution >= 0.6 is 24.8 Å². The molecule has 0 aliphatic carbocycles. The first-order valence-corrected chi connectivity index (χ1v) is 8.54. The molecule has 1 unspecified atom stereocenters. The topological polar surface area (TPSA) is 62.2 Å². The van der Waals surface area contributed by atoms with E-state index in [1.807, 2.05) is 4.68 Å². The van der Waals surface area contributed by atoms with Crippen molar-refractivity contribution in [2.45, 2.75) is 38.1 Å². The Hall–Kier alpha value is -0.820. The predicted molar refractivity (Wildman–Crippen MR) is 100 cm³/mol. The van der Waals surface area contributed by atoms with Crippen molar-refractivity contribution in [1.29, 1.82) is 0 Å². The van der Waals surface area contributed by atoms with Gasteiger partial charge in [0, 0.05) is 37.4 Å². The van der Waals surface area contributed by atoms with Crippen molar-refractivity contribution in [3.05, 3.63) is 18.0 Å². The van der Waals surface area contributed by atoms with Crippen molar-refractivity contribution in [3.63, 3.8) is 0 Å². The molecule has 0 bridgehead atoms. The maximum Gasteiger partial charge on any atom is 0.241 e. The first-order chi connectivity index (χ1) is 10.8. The van der Waals surface area contributed by atoms with E-state index in [0.29, 0.717) is 12.5 Å². The molecule has 2 fully saturated rings. The highest BCUT2D eigenvalue weighted by molar-refractivity contribution is 5.85. The number of nitrogens with one attached hydrogen (secondary N) is 2. The summed E-state index contributed by atoms with van der Waals surface area (Å²) in [6.45, 7) is 6.47. The number of halogens is 2. The summed E-state index contributed by atoms with van der Waals surface area (Å²) in [4.78, 5) is 14.5. The Morgan fingerprint density at radius 3 is 2.79 bits per heavy atom. The molecule has 1 aromatic heterocycles. The number of rotatable bonds is 6. The van der Waals surface area contributed by atoms with E-state index in [9.17, 15) is 4.79 Å². The molecule has 6 nitrogen and oxygen atoms in total. The highest BCUT2D eigenvalue weighted by Gasteiger charge is 2.20. The third kappa shape index (κ3) is 5.92. The number of aromatic nitrogens is 2. The minimum Gasteiger partial charge on any atom is -0.353 e. The quantitative estimate of drug-likeness (QED) is 0.786. The molecule has 2 aliphatic rings. The van der Waals surface area contributed by atoms with Gasteiger partial charge in [-0.25, -0.2) is 0 Å². The second-order valence-electron chi connectivity index (χ2n) is 6.36. The van der Waals surface area contributed by atoms with E-state index in [1.165, 1.54) is 44.5 Å². The predicted octanol–water partition coefficient (Wildman–Crippen LogP) is 1.41. The normalized spacial score (nSPS) is 20.9. The molecule has 1 atom stereocenters. The van der Waals surface area contributed by atoms with Gasteiger partial charge in [-0.3, -0.25) is 9.48 Å². The average molecular weight is 378 g/mol. The van der Waals surface area contributed by atoms with Gasteiger partial charge < -0.3 is 15.5 Å². The van der Waals surface area contributed by atoms with Gasteiger partial charge in [-0.2, -0.15) is 5.10 Å². The van der Waals surface area contributed by atoms with Gasteiger partial charge in [-0.15, -0.1) is 24.8 Å². The van der Waals surface area contributed by atoms with E-state index in [2.05, 4.69) is 26.7 Å². The zero-order valence-electron chi connectivity index (χ0n) is 14.1. The highest BCUT2D eigenvalue weighted by Crippen LogP contribution is 2.22. The first-order valence-electron chi connectivity index (χ1n) is 8.54. The molecule has 8 heteroatoms. The molecule has 0 radical (unpaired) electrons. The summed E-state index contributed by atoms with van der Waals surface area (Å²) in [5.74, 6) is 0.543. The molecule has 0 aromatic carbocycles. The Balaban J connectivity index is 0.00000144. The van der Waals surface area contributed by atoms with Crippen LogP contribution in [-0.2, 0) is 11.3 Å². The van der Waals surface area contributed by atoms with Crippen LogP contribution in [0.3, 0.4) is 0 Å². The SMILES string of the molecule is Cl.Cl.O=C(Cn1nccc1C1CCCNC1)NCCN1CCCC1. The van der Waals surface area contributed by atoms with Crippen LogP contribution in [0.2, 0.25) is 0 Å². The summed E-state index contributed by atoms with van der Waals surface area (Å²) in [5, 5.41) is 10.8. The van der Waals surface area contributed by atoms with Crippen molar-refractivity contribution in [2.24, 2.45) is 0 Å². The number of piperidine rings is 1. The van der Waals surface area contributed by atoms with Crippen molar-refractivity contribution in [2.75, 3.05) is 39.3 Å². The zero-order valence-corrected chi connectivity index (χ0v) is 15.7. The summed E-state index contributed by atoms with van der Waals surface area (Å²) >= 11 is 0. The third-order valence-electron chi connectivity index (χ3n) is 4.71. The molecular formula is C16H29Cl2N5O. The molecule has 3 rings (SSSR count). The van der Waals surface area contributed by atoms with E-state index >= 15 is 0 Å². The fourth-order valence-corrected chi connectivity index (χ4v) is 3.48. The zero-order chi connectivity index (χ0) is 15.2. The molecule has 0 spiro atoms. The van der Waals surface area contributed by atoms with Gasteiger partial charge in [0.1, 0.15) is 6.54 Å². The summed E-state index contributed by atoms with van der Waals surface area (Å²) in [6.07, 6.45) is 6.76. The lowest BCUT2D eigenvalue weighted by Gasteiger charge is -2.23. The highest BCUT2D eigenvalue weighted by atomic mass is 35.5. The smallest absolute Gasteiger partial charge is 0.241 e. The van der Waals surface area contributed by atoms with Crippen molar-refractivity contribution in [1.82, 2.24) is 25.3 Å². The summed E-state index contributed by atoms with van der Waals surface area (Å²) < 4.78 is 1.86. The molecule has 2 aliphatic heterocycles.